The normalized spacial score (nSPS) is 23.2. The molecule has 1 fully saturated rings. The van der Waals surface area contributed by atoms with Gasteiger partial charge in [-0.15, -0.1) is 0 Å². The third kappa shape index (κ3) is 2.20. The Labute approximate surface area is 96.6 Å². The van der Waals surface area contributed by atoms with Crippen LogP contribution in [0.25, 0.3) is 0 Å². The maximum absolute atomic E-state index is 9.76. The monoisotopic (exact) mass is 221 g/mol. The number of hydrogen-bond acceptors (Lipinski definition) is 3. The van der Waals surface area contributed by atoms with Crippen LogP contribution in [0.2, 0.25) is 0 Å². The summed E-state index contributed by atoms with van der Waals surface area (Å²) in [6, 6.07) is 8.42. The van der Waals surface area contributed by atoms with E-state index < -0.39 is 6.10 Å². The van der Waals surface area contributed by atoms with Gasteiger partial charge in [-0.05, 0) is 19.9 Å². The minimum atomic E-state index is -0.425. The lowest BCUT2D eigenvalue weighted by Crippen LogP contribution is -2.44. The van der Waals surface area contributed by atoms with E-state index in [1.807, 2.05) is 25.1 Å². The van der Waals surface area contributed by atoms with Crippen LogP contribution in [0, 0.1) is 0 Å². The Balaban J connectivity index is 2.31. The van der Waals surface area contributed by atoms with Crippen LogP contribution < -0.4 is 4.90 Å². The van der Waals surface area contributed by atoms with E-state index >= 15 is 0 Å². The van der Waals surface area contributed by atoms with Crippen LogP contribution in [0.1, 0.15) is 25.5 Å². The van der Waals surface area contributed by atoms with E-state index in [2.05, 4.69) is 17.9 Å². The number of para-hydroxylation sites is 1. The lowest BCUT2D eigenvalue weighted by atomic mass is 10.1. The minimum absolute atomic E-state index is 0.369. The molecule has 1 saturated heterocycles. The number of morpholine rings is 1. The number of anilines is 1. The van der Waals surface area contributed by atoms with Gasteiger partial charge in [0.25, 0.3) is 0 Å². The van der Waals surface area contributed by atoms with E-state index in [-0.39, 0.29) is 0 Å². The van der Waals surface area contributed by atoms with E-state index in [1.165, 1.54) is 0 Å². The maximum Gasteiger partial charge on any atom is 0.0781 e. The molecule has 1 aromatic rings. The second kappa shape index (κ2) is 4.85. The topological polar surface area (TPSA) is 32.7 Å². The maximum atomic E-state index is 9.76. The van der Waals surface area contributed by atoms with E-state index in [0.717, 1.165) is 31.0 Å². The minimum Gasteiger partial charge on any atom is -0.389 e. The Morgan fingerprint density at radius 1 is 1.44 bits per heavy atom. The number of aliphatic hydroxyl groups is 1. The summed E-state index contributed by atoms with van der Waals surface area (Å²) in [7, 11) is 0. The highest BCUT2D eigenvalue weighted by molar-refractivity contribution is 5.55. The molecule has 88 valence electrons. The number of aliphatic hydroxyl groups excluding tert-OH is 1. The molecule has 1 heterocycles. The Morgan fingerprint density at radius 3 is 2.88 bits per heavy atom. The highest BCUT2D eigenvalue weighted by Crippen LogP contribution is 2.28. The van der Waals surface area contributed by atoms with Gasteiger partial charge in [0.1, 0.15) is 0 Å². The van der Waals surface area contributed by atoms with E-state index in [1.54, 1.807) is 0 Å². The van der Waals surface area contributed by atoms with Gasteiger partial charge in [0, 0.05) is 23.8 Å². The Bertz CT molecular complexity index is 352. The predicted octanol–water partition coefficient (Wildman–Crippen LogP) is 1.97. The third-order valence-electron chi connectivity index (χ3n) is 3.06. The summed E-state index contributed by atoms with van der Waals surface area (Å²) in [6.45, 7) is 6.37. The molecule has 2 atom stereocenters. The lowest BCUT2D eigenvalue weighted by molar-refractivity contribution is 0.0984. The van der Waals surface area contributed by atoms with Crippen molar-refractivity contribution in [3.8, 4) is 0 Å². The van der Waals surface area contributed by atoms with Gasteiger partial charge < -0.3 is 14.7 Å². The van der Waals surface area contributed by atoms with Gasteiger partial charge in [-0.25, -0.2) is 0 Å². The Morgan fingerprint density at radius 2 is 2.19 bits per heavy atom. The largest absolute Gasteiger partial charge is 0.389 e. The van der Waals surface area contributed by atoms with Crippen LogP contribution in [0.3, 0.4) is 0 Å². The van der Waals surface area contributed by atoms with Crippen LogP contribution >= 0.6 is 0 Å². The molecule has 0 aromatic heterocycles. The van der Waals surface area contributed by atoms with Gasteiger partial charge in [0.05, 0.1) is 19.3 Å². The Hall–Kier alpha value is -1.06. The summed E-state index contributed by atoms with van der Waals surface area (Å²) in [5.74, 6) is 0. The lowest BCUT2D eigenvalue weighted by Gasteiger charge is -2.36. The first kappa shape index (κ1) is 11.4. The zero-order valence-electron chi connectivity index (χ0n) is 9.89. The molecule has 1 N–H and O–H groups in total. The van der Waals surface area contributed by atoms with Crippen LogP contribution in [0.4, 0.5) is 5.69 Å². The highest BCUT2D eigenvalue weighted by atomic mass is 16.5. The zero-order valence-corrected chi connectivity index (χ0v) is 9.89. The van der Waals surface area contributed by atoms with Crippen molar-refractivity contribution in [2.24, 2.45) is 0 Å². The average molecular weight is 221 g/mol. The smallest absolute Gasteiger partial charge is 0.0781 e. The van der Waals surface area contributed by atoms with Crippen LogP contribution in [0.15, 0.2) is 24.3 Å². The van der Waals surface area contributed by atoms with E-state index in [4.69, 9.17) is 4.74 Å². The van der Waals surface area contributed by atoms with Crippen molar-refractivity contribution >= 4 is 5.69 Å². The van der Waals surface area contributed by atoms with Gasteiger partial charge >= 0.3 is 0 Å². The van der Waals surface area contributed by atoms with E-state index in [9.17, 15) is 5.11 Å². The molecular weight excluding hydrogens is 202 g/mol. The molecule has 3 heteroatoms. The molecule has 0 radical (unpaired) electrons. The van der Waals surface area contributed by atoms with Gasteiger partial charge in [0.15, 0.2) is 0 Å². The van der Waals surface area contributed by atoms with Crippen molar-refractivity contribution in [3.63, 3.8) is 0 Å². The molecule has 0 aliphatic carbocycles. The molecule has 0 spiro atoms. The number of benzene rings is 1. The van der Waals surface area contributed by atoms with Crippen molar-refractivity contribution in [2.75, 3.05) is 24.7 Å². The molecule has 1 aliphatic rings. The molecule has 0 amide bonds. The van der Waals surface area contributed by atoms with Crippen molar-refractivity contribution in [1.82, 2.24) is 0 Å². The molecule has 1 aromatic carbocycles. The molecule has 2 rings (SSSR count). The summed E-state index contributed by atoms with van der Waals surface area (Å²) >= 11 is 0. The molecule has 1 unspecified atom stereocenters. The van der Waals surface area contributed by atoms with E-state index in [0.29, 0.717) is 6.04 Å². The number of nitrogens with zero attached hydrogens (tertiary/aromatic N) is 1. The van der Waals surface area contributed by atoms with Gasteiger partial charge in [-0.1, -0.05) is 18.2 Å². The fraction of sp³-hybridized carbons (Fsp3) is 0.538. The molecule has 16 heavy (non-hydrogen) atoms. The summed E-state index contributed by atoms with van der Waals surface area (Å²) < 4.78 is 5.43. The second-order valence-electron chi connectivity index (χ2n) is 4.35. The third-order valence-corrected chi connectivity index (χ3v) is 3.06. The molecule has 0 saturated carbocycles. The van der Waals surface area contributed by atoms with Crippen molar-refractivity contribution in [3.05, 3.63) is 29.8 Å². The molecular formula is C13H19NO2. The average Bonchev–Trinajstić information content (AvgIpc) is 2.29. The summed E-state index contributed by atoms with van der Waals surface area (Å²) in [4.78, 5) is 2.31. The summed E-state index contributed by atoms with van der Waals surface area (Å²) in [5, 5.41) is 9.76. The number of rotatable bonds is 2. The standard InChI is InChI=1S/C13H19NO2/c1-10-9-16-8-7-14(10)13-6-4-3-5-12(13)11(2)15/h3-6,10-11,15H,7-9H2,1-2H3/t10?,11-/m0/s1. The highest BCUT2D eigenvalue weighted by Gasteiger charge is 2.22. The van der Waals surface area contributed by atoms with Crippen LogP contribution in [-0.4, -0.2) is 30.9 Å². The summed E-state index contributed by atoms with van der Waals surface area (Å²) in [5.41, 5.74) is 2.13. The predicted molar refractivity (Wildman–Crippen MR) is 64.7 cm³/mol. The zero-order chi connectivity index (χ0) is 11.5. The van der Waals surface area contributed by atoms with Crippen molar-refractivity contribution in [1.29, 1.82) is 0 Å². The first-order valence-corrected chi connectivity index (χ1v) is 5.81. The fourth-order valence-electron chi connectivity index (χ4n) is 2.19. The molecule has 1 aliphatic heterocycles. The van der Waals surface area contributed by atoms with Crippen LogP contribution in [0.5, 0.6) is 0 Å². The first-order valence-electron chi connectivity index (χ1n) is 5.81. The van der Waals surface area contributed by atoms with Gasteiger partial charge in [-0.3, -0.25) is 0 Å². The fourth-order valence-corrected chi connectivity index (χ4v) is 2.19. The van der Waals surface area contributed by atoms with Gasteiger partial charge in [0.2, 0.25) is 0 Å². The van der Waals surface area contributed by atoms with Crippen LogP contribution in [-0.2, 0) is 4.74 Å². The number of hydrogen-bond donors (Lipinski definition) is 1. The van der Waals surface area contributed by atoms with Gasteiger partial charge in [-0.2, -0.15) is 0 Å². The Kier molecular flexibility index (Phi) is 3.46. The first-order chi connectivity index (χ1) is 7.70. The molecule has 3 nitrogen and oxygen atoms in total. The number of ether oxygens (including phenoxy) is 1. The second-order valence-corrected chi connectivity index (χ2v) is 4.35. The van der Waals surface area contributed by atoms with Crippen molar-refractivity contribution < 1.29 is 9.84 Å². The molecule has 0 bridgehead atoms. The van der Waals surface area contributed by atoms with Crippen molar-refractivity contribution in [2.45, 2.75) is 26.0 Å². The quantitative estimate of drug-likeness (QED) is 0.828. The summed E-state index contributed by atoms with van der Waals surface area (Å²) in [6.07, 6.45) is -0.425. The SMILES string of the molecule is CC1COCCN1c1ccccc1[C@H](C)O.